The van der Waals surface area contributed by atoms with Crippen LogP contribution in [0.15, 0.2) is 36.4 Å². The van der Waals surface area contributed by atoms with Crippen LogP contribution in [0.5, 0.6) is 5.75 Å². The van der Waals surface area contributed by atoms with Gasteiger partial charge in [0.15, 0.2) is 23.4 Å². The summed E-state index contributed by atoms with van der Waals surface area (Å²) in [6, 6.07) is 10.2. The molecule has 0 N–H and O–H groups in total. The Bertz CT molecular complexity index is 1110. The average Bonchev–Trinajstić information content (AvgIpc) is 2.94. The Labute approximate surface area is 215 Å². The monoisotopic (exact) mass is 489 g/mol. The first-order valence-electron chi connectivity index (χ1n) is 13.7. The van der Waals surface area contributed by atoms with Crippen molar-refractivity contribution >= 4 is 5.69 Å². The van der Waals surface area contributed by atoms with E-state index in [1.165, 1.54) is 32.1 Å². The second-order valence-corrected chi connectivity index (χ2v) is 10.5. The van der Waals surface area contributed by atoms with Gasteiger partial charge in [-0.25, -0.2) is 9.24 Å². The van der Waals surface area contributed by atoms with Crippen LogP contribution in [0, 0.1) is 47.8 Å². The molecule has 4 heteroatoms. The van der Waals surface area contributed by atoms with E-state index in [1.54, 1.807) is 36.4 Å². The van der Waals surface area contributed by atoms with Crippen molar-refractivity contribution in [3.63, 3.8) is 0 Å². The van der Waals surface area contributed by atoms with E-state index in [0.29, 0.717) is 17.7 Å². The molecule has 0 saturated heterocycles. The van der Waals surface area contributed by atoms with Crippen molar-refractivity contribution in [2.75, 3.05) is 0 Å². The van der Waals surface area contributed by atoms with Gasteiger partial charge in [0.25, 0.3) is 0 Å². The first kappa shape index (κ1) is 26.2. The number of ether oxygens (including phenoxy) is 1. The number of hydrogen-bond donors (Lipinski definition) is 0. The van der Waals surface area contributed by atoms with E-state index >= 15 is 8.78 Å². The molecule has 2 saturated carbocycles. The fourth-order valence-corrected chi connectivity index (χ4v) is 6.07. The molecule has 0 spiro atoms. The second kappa shape index (κ2) is 12.4. The average molecular weight is 490 g/mol. The number of rotatable bonds is 6. The fraction of sp³-hybridized carbons (Fsp3) is 0.531. The third kappa shape index (κ3) is 6.28. The Morgan fingerprint density at radius 1 is 0.889 bits per heavy atom. The van der Waals surface area contributed by atoms with Crippen molar-refractivity contribution in [2.45, 2.75) is 90.1 Å². The molecule has 2 aromatic rings. The summed E-state index contributed by atoms with van der Waals surface area (Å²) in [5, 5.41) is 0. The Hall–Kier alpha value is -2.85. The molecule has 0 radical (unpaired) electrons. The SMILES string of the molecule is [C-]#[N+]c1ccc(C#CC(CC)Oc2ccc(C3CCC(C4CCC(CC)CC4)CC3)c(F)c2F)cc1. The molecule has 2 aromatic carbocycles. The van der Waals surface area contributed by atoms with Crippen molar-refractivity contribution < 1.29 is 13.5 Å². The van der Waals surface area contributed by atoms with Gasteiger partial charge in [-0.15, -0.1) is 0 Å². The lowest BCUT2D eigenvalue weighted by Gasteiger charge is -2.38. The van der Waals surface area contributed by atoms with E-state index < -0.39 is 17.7 Å². The fourth-order valence-electron chi connectivity index (χ4n) is 6.07. The van der Waals surface area contributed by atoms with E-state index in [2.05, 4.69) is 23.6 Å². The number of nitrogens with zero attached hydrogens (tertiary/aromatic N) is 1. The highest BCUT2D eigenvalue weighted by Crippen LogP contribution is 2.45. The smallest absolute Gasteiger partial charge is 0.200 e. The molecule has 36 heavy (non-hydrogen) atoms. The largest absolute Gasteiger partial charge is 0.475 e. The lowest BCUT2D eigenvalue weighted by Crippen LogP contribution is -2.25. The summed E-state index contributed by atoms with van der Waals surface area (Å²) in [5.74, 6) is 6.81. The molecule has 2 aliphatic carbocycles. The maximum absolute atomic E-state index is 15.1. The van der Waals surface area contributed by atoms with Crippen LogP contribution in [-0.4, -0.2) is 6.10 Å². The summed E-state index contributed by atoms with van der Waals surface area (Å²) in [5.41, 5.74) is 1.79. The van der Waals surface area contributed by atoms with Crippen LogP contribution in [-0.2, 0) is 0 Å². The summed E-state index contributed by atoms with van der Waals surface area (Å²) in [7, 11) is 0. The van der Waals surface area contributed by atoms with Crippen molar-refractivity contribution in [1.82, 2.24) is 0 Å². The zero-order valence-electron chi connectivity index (χ0n) is 21.5. The van der Waals surface area contributed by atoms with E-state index in [9.17, 15) is 0 Å². The van der Waals surface area contributed by atoms with Gasteiger partial charge in [-0.1, -0.05) is 75.3 Å². The van der Waals surface area contributed by atoms with E-state index in [-0.39, 0.29) is 11.7 Å². The molecule has 0 aromatic heterocycles. The quantitative estimate of drug-likeness (QED) is 0.291. The van der Waals surface area contributed by atoms with Crippen LogP contribution in [0.25, 0.3) is 4.85 Å². The molecule has 1 unspecified atom stereocenters. The van der Waals surface area contributed by atoms with Crippen LogP contribution in [0.3, 0.4) is 0 Å². The van der Waals surface area contributed by atoms with Gasteiger partial charge in [0, 0.05) is 5.56 Å². The molecule has 190 valence electrons. The molecule has 1 atom stereocenters. The zero-order chi connectivity index (χ0) is 25.5. The summed E-state index contributed by atoms with van der Waals surface area (Å²) >= 11 is 0. The Morgan fingerprint density at radius 2 is 1.53 bits per heavy atom. The molecule has 0 aliphatic heterocycles. The van der Waals surface area contributed by atoms with E-state index in [4.69, 9.17) is 11.3 Å². The summed E-state index contributed by atoms with van der Waals surface area (Å²) in [4.78, 5) is 3.37. The third-order valence-electron chi connectivity index (χ3n) is 8.44. The van der Waals surface area contributed by atoms with E-state index in [0.717, 1.165) is 49.0 Å². The molecular formula is C32H37F2NO. The van der Waals surface area contributed by atoms with Gasteiger partial charge in [-0.05, 0) is 80.2 Å². The van der Waals surface area contributed by atoms with Crippen molar-refractivity contribution in [2.24, 2.45) is 17.8 Å². The maximum atomic E-state index is 15.1. The highest BCUT2D eigenvalue weighted by atomic mass is 19.2. The lowest BCUT2D eigenvalue weighted by atomic mass is 9.68. The first-order chi connectivity index (χ1) is 17.5. The molecule has 0 heterocycles. The van der Waals surface area contributed by atoms with Gasteiger partial charge < -0.3 is 4.74 Å². The van der Waals surface area contributed by atoms with Gasteiger partial charge in [0.2, 0.25) is 5.82 Å². The Balaban J connectivity index is 1.37. The lowest BCUT2D eigenvalue weighted by molar-refractivity contribution is 0.157. The third-order valence-corrected chi connectivity index (χ3v) is 8.44. The minimum atomic E-state index is -0.908. The number of halogens is 2. The highest BCUT2D eigenvalue weighted by molar-refractivity contribution is 5.49. The molecule has 2 fully saturated rings. The van der Waals surface area contributed by atoms with Gasteiger partial charge in [0.05, 0.1) is 6.57 Å². The number of hydrogen-bond acceptors (Lipinski definition) is 1. The van der Waals surface area contributed by atoms with Crippen LogP contribution >= 0.6 is 0 Å². The van der Waals surface area contributed by atoms with Crippen molar-refractivity contribution in [3.8, 4) is 17.6 Å². The van der Waals surface area contributed by atoms with Crippen molar-refractivity contribution in [1.29, 1.82) is 0 Å². The molecule has 2 nitrogen and oxygen atoms in total. The van der Waals surface area contributed by atoms with Gasteiger partial charge in [-0.3, -0.25) is 0 Å². The molecular weight excluding hydrogens is 452 g/mol. The molecule has 4 rings (SSSR count). The Kier molecular flexibility index (Phi) is 9.03. The van der Waals surface area contributed by atoms with Crippen LogP contribution in [0.1, 0.15) is 95.1 Å². The molecule has 2 aliphatic rings. The van der Waals surface area contributed by atoms with Crippen LogP contribution in [0.2, 0.25) is 0 Å². The van der Waals surface area contributed by atoms with Gasteiger partial charge in [0.1, 0.15) is 0 Å². The first-order valence-corrected chi connectivity index (χ1v) is 13.7. The highest BCUT2D eigenvalue weighted by Gasteiger charge is 2.32. The van der Waals surface area contributed by atoms with Gasteiger partial charge in [-0.2, -0.15) is 4.39 Å². The predicted octanol–water partition coefficient (Wildman–Crippen LogP) is 9.21. The van der Waals surface area contributed by atoms with Crippen LogP contribution < -0.4 is 4.74 Å². The molecule has 0 amide bonds. The summed E-state index contributed by atoms with van der Waals surface area (Å²) < 4.78 is 35.9. The zero-order valence-corrected chi connectivity index (χ0v) is 21.5. The predicted molar refractivity (Wildman–Crippen MR) is 141 cm³/mol. The van der Waals surface area contributed by atoms with E-state index in [1.807, 2.05) is 6.92 Å². The minimum Gasteiger partial charge on any atom is -0.475 e. The maximum Gasteiger partial charge on any atom is 0.200 e. The normalized spacial score (nSPS) is 24.8. The second-order valence-electron chi connectivity index (χ2n) is 10.5. The minimum absolute atomic E-state index is 0.0805. The summed E-state index contributed by atoms with van der Waals surface area (Å²) in [6.45, 7) is 11.2. The molecule has 0 bridgehead atoms. The van der Waals surface area contributed by atoms with Gasteiger partial charge >= 0.3 is 0 Å². The van der Waals surface area contributed by atoms with Crippen LogP contribution in [0.4, 0.5) is 14.5 Å². The number of benzene rings is 2. The Morgan fingerprint density at radius 3 is 2.11 bits per heavy atom. The standard InChI is InChI=1S/C32H37F2NO/c1-4-22-6-11-24(12-7-22)25-13-15-26(16-14-25)29-20-21-30(32(34)31(29)33)36-28(5-2)19-10-23-8-17-27(35-3)18-9-23/h8-9,17-18,20-22,24-26,28H,4-7,11-16H2,1-2H3. The van der Waals surface area contributed by atoms with Crippen molar-refractivity contribution in [3.05, 3.63) is 70.6 Å². The summed E-state index contributed by atoms with van der Waals surface area (Å²) in [6.07, 6.45) is 10.8. The topological polar surface area (TPSA) is 13.6 Å².